The van der Waals surface area contributed by atoms with Crippen LogP contribution >= 0.6 is 35.0 Å². The SMILES string of the molecule is COc1ccc(SC(C(N)=O)(c2ccc(Cl)cc2)c2ccc(Cl)cn2)cc1. The number of halogens is 2. The lowest BCUT2D eigenvalue weighted by Gasteiger charge is -2.30. The highest BCUT2D eigenvalue weighted by Gasteiger charge is 2.43. The molecule has 138 valence electrons. The summed E-state index contributed by atoms with van der Waals surface area (Å²) in [4.78, 5) is 18.0. The van der Waals surface area contributed by atoms with Gasteiger partial charge in [0.1, 0.15) is 5.75 Å². The van der Waals surface area contributed by atoms with Crippen LogP contribution in [0.15, 0.2) is 71.8 Å². The highest BCUT2D eigenvalue weighted by Crippen LogP contribution is 2.46. The summed E-state index contributed by atoms with van der Waals surface area (Å²) in [6.07, 6.45) is 1.50. The van der Waals surface area contributed by atoms with Crippen molar-refractivity contribution < 1.29 is 9.53 Å². The molecule has 4 nitrogen and oxygen atoms in total. The Kier molecular flexibility index (Phi) is 5.95. The van der Waals surface area contributed by atoms with Crippen LogP contribution in [-0.2, 0) is 9.54 Å². The number of thioether (sulfide) groups is 1. The van der Waals surface area contributed by atoms with E-state index in [4.69, 9.17) is 33.7 Å². The molecule has 0 aliphatic heterocycles. The first kappa shape index (κ1) is 19.5. The summed E-state index contributed by atoms with van der Waals surface area (Å²) in [5.41, 5.74) is 7.09. The normalized spacial score (nSPS) is 13.0. The van der Waals surface area contributed by atoms with Crippen molar-refractivity contribution in [2.45, 2.75) is 9.64 Å². The molecule has 2 N–H and O–H groups in total. The molecule has 3 rings (SSSR count). The van der Waals surface area contributed by atoms with E-state index in [0.717, 1.165) is 10.6 Å². The van der Waals surface area contributed by atoms with Crippen LogP contribution in [-0.4, -0.2) is 18.0 Å². The van der Waals surface area contributed by atoms with Gasteiger partial charge in [0.2, 0.25) is 5.91 Å². The van der Waals surface area contributed by atoms with Crippen molar-refractivity contribution >= 4 is 40.9 Å². The van der Waals surface area contributed by atoms with Gasteiger partial charge in [0.25, 0.3) is 0 Å². The molecule has 0 fully saturated rings. The number of amides is 1. The molecule has 0 saturated heterocycles. The van der Waals surface area contributed by atoms with E-state index in [1.165, 1.54) is 18.0 Å². The molecular weight excluding hydrogens is 403 g/mol. The molecule has 0 aliphatic carbocycles. The molecule has 0 aliphatic rings. The molecule has 7 heteroatoms. The maximum absolute atomic E-state index is 12.8. The molecule has 0 bridgehead atoms. The number of benzene rings is 2. The topological polar surface area (TPSA) is 65.2 Å². The summed E-state index contributed by atoms with van der Waals surface area (Å²) in [5.74, 6) is 0.181. The van der Waals surface area contributed by atoms with Crippen molar-refractivity contribution in [2.24, 2.45) is 5.73 Å². The highest BCUT2D eigenvalue weighted by atomic mass is 35.5. The highest BCUT2D eigenvalue weighted by molar-refractivity contribution is 8.01. The fourth-order valence-electron chi connectivity index (χ4n) is 2.67. The number of ether oxygens (including phenoxy) is 1. The number of hydrogen-bond acceptors (Lipinski definition) is 4. The third-order valence-electron chi connectivity index (χ3n) is 4.02. The van der Waals surface area contributed by atoms with Crippen molar-refractivity contribution in [1.29, 1.82) is 0 Å². The molecule has 1 amide bonds. The Hall–Kier alpha value is -2.21. The Morgan fingerprint density at radius 2 is 1.63 bits per heavy atom. The molecule has 1 unspecified atom stereocenters. The van der Waals surface area contributed by atoms with E-state index in [9.17, 15) is 4.79 Å². The number of hydrogen-bond donors (Lipinski definition) is 1. The predicted octanol–water partition coefficient (Wildman–Crippen LogP) is 4.92. The third-order valence-corrected chi connectivity index (χ3v) is 5.95. The zero-order valence-electron chi connectivity index (χ0n) is 14.4. The van der Waals surface area contributed by atoms with E-state index in [2.05, 4.69) is 4.98 Å². The van der Waals surface area contributed by atoms with Crippen LogP contribution in [0.5, 0.6) is 5.75 Å². The number of pyridine rings is 1. The Morgan fingerprint density at radius 3 is 2.15 bits per heavy atom. The monoisotopic (exact) mass is 418 g/mol. The average molecular weight is 419 g/mol. The van der Waals surface area contributed by atoms with Crippen molar-refractivity contribution in [3.8, 4) is 5.75 Å². The number of carbonyl (C=O) groups excluding carboxylic acids is 1. The first-order valence-corrected chi connectivity index (χ1v) is 9.54. The largest absolute Gasteiger partial charge is 0.497 e. The first-order valence-electron chi connectivity index (χ1n) is 7.97. The maximum Gasteiger partial charge on any atom is 0.244 e. The summed E-state index contributed by atoms with van der Waals surface area (Å²) in [6, 6.07) is 17.8. The van der Waals surface area contributed by atoms with Gasteiger partial charge in [0.05, 0.1) is 17.8 Å². The molecule has 1 aromatic heterocycles. The summed E-state index contributed by atoms with van der Waals surface area (Å²) in [5, 5.41) is 1.04. The number of carbonyl (C=O) groups is 1. The van der Waals surface area contributed by atoms with Crippen LogP contribution in [0.25, 0.3) is 0 Å². The third kappa shape index (κ3) is 4.05. The number of aromatic nitrogens is 1. The Morgan fingerprint density at radius 1 is 1.00 bits per heavy atom. The van der Waals surface area contributed by atoms with Crippen LogP contribution in [0.3, 0.4) is 0 Å². The molecule has 0 spiro atoms. The quantitative estimate of drug-likeness (QED) is 0.576. The predicted molar refractivity (Wildman–Crippen MR) is 110 cm³/mol. The van der Waals surface area contributed by atoms with Crippen molar-refractivity contribution in [1.82, 2.24) is 4.98 Å². The minimum Gasteiger partial charge on any atom is -0.497 e. The molecule has 27 heavy (non-hydrogen) atoms. The molecule has 0 radical (unpaired) electrons. The number of nitrogens with zero attached hydrogens (tertiary/aromatic N) is 1. The van der Waals surface area contributed by atoms with Crippen LogP contribution in [0.4, 0.5) is 0 Å². The standard InChI is InChI=1S/C20H16Cl2N2O2S/c1-26-16-7-9-17(10-8-16)27-20(19(23)25,13-2-4-14(21)5-3-13)18-11-6-15(22)12-24-18/h2-12H,1H3,(H2,23,25). The number of methoxy groups -OCH3 is 1. The molecular formula is C20H16Cl2N2O2S. The fraction of sp³-hybridized carbons (Fsp3) is 0.100. The minimum atomic E-state index is -1.25. The second-order valence-electron chi connectivity index (χ2n) is 5.69. The fourth-order valence-corrected chi connectivity index (χ4v) is 4.11. The van der Waals surface area contributed by atoms with Crippen LogP contribution in [0.1, 0.15) is 11.3 Å². The van der Waals surface area contributed by atoms with Gasteiger partial charge in [-0.15, -0.1) is 0 Å². The molecule has 1 heterocycles. The van der Waals surface area contributed by atoms with E-state index in [0.29, 0.717) is 21.3 Å². The van der Waals surface area contributed by atoms with E-state index in [1.807, 2.05) is 24.3 Å². The first-order chi connectivity index (χ1) is 13.0. The second-order valence-corrected chi connectivity index (χ2v) is 7.85. The summed E-state index contributed by atoms with van der Waals surface area (Å²) in [6.45, 7) is 0. The maximum atomic E-state index is 12.8. The second kappa shape index (κ2) is 8.21. The Bertz CT molecular complexity index is 884. The van der Waals surface area contributed by atoms with E-state index in [-0.39, 0.29) is 0 Å². The van der Waals surface area contributed by atoms with Gasteiger partial charge in [-0.25, -0.2) is 0 Å². The Balaban J connectivity index is 2.17. The lowest BCUT2D eigenvalue weighted by Crippen LogP contribution is -2.40. The minimum absolute atomic E-state index is 0.475. The van der Waals surface area contributed by atoms with Gasteiger partial charge in [-0.05, 0) is 54.1 Å². The number of nitrogens with two attached hydrogens (primary N) is 1. The molecule has 3 aromatic rings. The molecule has 2 aromatic carbocycles. The lowest BCUT2D eigenvalue weighted by molar-refractivity contribution is -0.119. The summed E-state index contributed by atoms with van der Waals surface area (Å²) in [7, 11) is 1.60. The van der Waals surface area contributed by atoms with Gasteiger partial charge < -0.3 is 10.5 Å². The van der Waals surface area contributed by atoms with Crippen molar-refractivity contribution in [3.05, 3.63) is 88.2 Å². The van der Waals surface area contributed by atoms with Gasteiger partial charge in [0, 0.05) is 16.1 Å². The zero-order valence-corrected chi connectivity index (χ0v) is 16.7. The van der Waals surface area contributed by atoms with Gasteiger partial charge in [-0.3, -0.25) is 9.78 Å². The molecule has 1 atom stereocenters. The smallest absolute Gasteiger partial charge is 0.244 e. The number of primary amides is 1. The Labute approximate surface area is 171 Å². The average Bonchev–Trinajstić information content (AvgIpc) is 2.68. The van der Waals surface area contributed by atoms with Crippen molar-refractivity contribution in [2.75, 3.05) is 7.11 Å². The van der Waals surface area contributed by atoms with E-state index < -0.39 is 10.7 Å². The summed E-state index contributed by atoms with van der Waals surface area (Å²) >= 11 is 13.3. The zero-order chi connectivity index (χ0) is 19.4. The summed E-state index contributed by atoms with van der Waals surface area (Å²) < 4.78 is 3.95. The van der Waals surface area contributed by atoms with Gasteiger partial charge in [0.15, 0.2) is 4.75 Å². The lowest BCUT2D eigenvalue weighted by atomic mass is 9.93. The molecule has 0 saturated carbocycles. The van der Waals surface area contributed by atoms with Crippen LogP contribution in [0.2, 0.25) is 10.0 Å². The van der Waals surface area contributed by atoms with Gasteiger partial charge in [-0.1, -0.05) is 47.1 Å². The van der Waals surface area contributed by atoms with Gasteiger partial charge >= 0.3 is 0 Å². The van der Waals surface area contributed by atoms with E-state index in [1.54, 1.807) is 43.5 Å². The van der Waals surface area contributed by atoms with Crippen molar-refractivity contribution in [3.63, 3.8) is 0 Å². The van der Waals surface area contributed by atoms with Crippen LogP contribution < -0.4 is 10.5 Å². The van der Waals surface area contributed by atoms with E-state index >= 15 is 0 Å². The number of rotatable bonds is 6. The van der Waals surface area contributed by atoms with Crippen LogP contribution in [0, 0.1) is 0 Å². The van der Waals surface area contributed by atoms with Gasteiger partial charge in [-0.2, -0.15) is 0 Å².